The van der Waals surface area contributed by atoms with Gasteiger partial charge in [-0.3, -0.25) is 15.0 Å². The lowest BCUT2D eigenvalue weighted by atomic mass is 10.0. The van der Waals surface area contributed by atoms with Crippen molar-refractivity contribution in [1.29, 1.82) is 5.26 Å². The highest BCUT2D eigenvalue weighted by atomic mass is 15.0. The van der Waals surface area contributed by atoms with Crippen molar-refractivity contribution in [2.45, 2.75) is 0 Å². The molecule has 0 aliphatic heterocycles. The van der Waals surface area contributed by atoms with Crippen LogP contribution in [0.4, 0.5) is 0 Å². The van der Waals surface area contributed by atoms with Crippen molar-refractivity contribution in [2.24, 2.45) is 0 Å². The summed E-state index contributed by atoms with van der Waals surface area (Å²) in [5, 5.41) is 14.5. The van der Waals surface area contributed by atoms with E-state index in [1.165, 1.54) is 0 Å². The molecule has 6 nitrogen and oxygen atoms in total. The Morgan fingerprint density at radius 1 is 0.344 bits per heavy atom. The monoisotopic (exact) mass is 816 g/mol. The van der Waals surface area contributed by atoms with E-state index >= 15 is 0 Å². The zero-order valence-electron chi connectivity index (χ0n) is 34.5. The van der Waals surface area contributed by atoms with Gasteiger partial charge in [-0.25, -0.2) is 0 Å². The van der Waals surface area contributed by atoms with Gasteiger partial charge in [0.25, 0.3) is 0 Å². The molecule has 0 aliphatic rings. The second-order valence-corrected chi connectivity index (χ2v) is 16.0. The molecular weight excluding hydrogens is 781 g/mol. The van der Waals surface area contributed by atoms with Crippen LogP contribution in [-0.4, -0.2) is 24.1 Å². The largest absolute Gasteiger partial charge is 0.307 e. The molecule has 0 aliphatic carbocycles. The molecule has 12 rings (SSSR count). The lowest BCUT2D eigenvalue weighted by molar-refractivity contribution is 1.09. The molecule has 0 fully saturated rings. The van der Waals surface area contributed by atoms with E-state index in [0.717, 1.165) is 111 Å². The molecule has 0 N–H and O–H groups in total. The van der Waals surface area contributed by atoms with E-state index in [0.29, 0.717) is 5.56 Å². The second-order valence-electron chi connectivity index (χ2n) is 16.0. The molecule has 0 atom stereocenters. The fraction of sp³-hybridized carbons (Fsp3) is 0. The number of para-hydroxylation sites is 2. The van der Waals surface area contributed by atoms with E-state index in [4.69, 9.17) is 15.0 Å². The van der Waals surface area contributed by atoms with E-state index < -0.39 is 0 Å². The first-order chi connectivity index (χ1) is 31.7. The van der Waals surface area contributed by atoms with Crippen LogP contribution in [0.1, 0.15) is 5.56 Å². The van der Waals surface area contributed by atoms with Crippen LogP contribution in [0.2, 0.25) is 0 Å². The summed E-state index contributed by atoms with van der Waals surface area (Å²) in [6, 6.07) is 69.8. The summed E-state index contributed by atoms with van der Waals surface area (Å²) < 4.78 is 4.70. The third kappa shape index (κ3) is 6.14. The highest BCUT2D eigenvalue weighted by Gasteiger charge is 2.23. The number of nitriles is 1. The fourth-order valence-corrected chi connectivity index (χ4v) is 9.29. The number of nitrogens with zero attached hydrogens (tertiary/aromatic N) is 6. The Labute approximate surface area is 369 Å². The van der Waals surface area contributed by atoms with Crippen molar-refractivity contribution in [2.75, 3.05) is 0 Å². The maximum Gasteiger partial charge on any atom is 0.0991 e. The molecule has 0 radical (unpaired) electrons. The number of hydrogen-bond donors (Lipinski definition) is 0. The standard InChI is InChI=1S/C58H36N6/c59-33-38-19-21-41(22-20-38)58-56(63-52-17-9-7-15-46(52)48-27-23-42(31-54(48)63)44-25-29-50(61-34-44)39-11-3-1-4-12-39)36-60-37-57(58)64-53-18-10-8-16-47(53)49-28-24-43(32-55(49)64)45-26-30-51(62-35-45)40-13-5-2-6-14-40/h1-32,34-37H. The van der Waals surface area contributed by atoms with Crippen LogP contribution in [0.3, 0.4) is 0 Å². The molecule has 0 unspecified atom stereocenters. The highest BCUT2D eigenvalue weighted by molar-refractivity contribution is 6.13. The average molecular weight is 817 g/mol. The van der Waals surface area contributed by atoms with Crippen LogP contribution in [0.5, 0.6) is 0 Å². The smallest absolute Gasteiger partial charge is 0.0991 e. The minimum Gasteiger partial charge on any atom is -0.307 e. The number of aromatic nitrogens is 5. The van der Waals surface area contributed by atoms with Gasteiger partial charge in [-0.15, -0.1) is 0 Å². The van der Waals surface area contributed by atoms with Gasteiger partial charge in [0.15, 0.2) is 0 Å². The van der Waals surface area contributed by atoms with Gasteiger partial charge in [0.05, 0.1) is 68.9 Å². The van der Waals surface area contributed by atoms with Crippen LogP contribution in [0, 0.1) is 11.3 Å². The van der Waals surface area contributed by atoms with Gasteiger partial charge < -0.3 is 9.13 Å². The second kappa shape index (κ2) is 15.2. The summed E-state index contributed by atoms with van der Waals surface area (Å²) in [7, 11) is 0. The Hall–Kier alpha value is -8.92. The topological polar surface area (TPSA) is 72.3 Å². The molecule has 298 valence electrons. The van der Waals surface area contributed by atoms with Crippen molar-refractivity contribution in [3.63, 3.8) is 0 Å². The van der Waals surface area contributed by atoms with Crippen molar-refractivity contribution in [1.82, 2.24) is 24.1 Å². The first kappa shape index (κ1) is 36.9. The van der Waals surface area contributed by atoms with E-state index in [2.05, 4.69) is 161 Å². The summed E-state index contributed by atoms with van der Waals surface area (Å²) >= 11 is 0. The molecule has 12 aromatic rings. The van der Waals surface area contributed by atoms with Crippen LogP contribution in [0.25, 0.3) is 111 Å². The van der Waals surface area contributed by atoms with Crippen molar-refractivity contribution in [3.05, 3.63) is 224 Å². The number of pyridine rings is 3. The Kier molecular flexibility index (Phi) is 8.77. The molecule has 7 aromatic carbocycles. The van der Waals surface area contributed by atoms with E-state index in [1.54, 1.807) is 0 Å². The van der Waals surface area contributed by atoms with Gasteiger partial charge in [-0.2, -0.15) is 5.26 Å². The first-order valence-electron chi connectivity index (χ1n) is 21.3. The first-order valence-corrected chi connectivity index (χ1v) is 21.3. The SMILES string of the molecule is N#Cc1ccc(-c2c(-n3c4ccccc4c4ccc(-c5ccc(-c6ccccc6)nc5)cc43)cncc2-n2c3ccccc3c3ccc(-c4ccc(-c5ccccc5)nc4)cc32)cc1. The van der Waals surface area contributed by atoms with Gasteiger partial charge in [-0.1, -0.05) is 146 Å². The van der Waals surface area contributed by atoms with Gasteiger partial charge >= 0.3 is 0 Å². The fourth-order valence-electron chi connectivity index (χ4n) is 9.29. The molecule has 0 amide bonds. The van der Waals surface area contributed by atoms with E-state index in [1.807, 2.05) is 73.3 Å². The summed E-state index contributed by atoms with van der Waals surface area (Å²) in [5.74, 6) is 0. The maximum absolute atomic E-state index is 9.89. The Morgan fingerprint density at radius 2 is 0.766 bits per heavy atom. The predicted molar refractivity (Wildman–Crippen MR) is 260 cm³/mol. The van der Waals surface area contributed by atoms with Crippen molar-refractivity contribution in [3.8, 4) is 73.3 Å². The number of fused-ring (bicyclic) bond motifs is 6. The normalized spacial score (nSPS) is 11.4. The molecule has 0 bridgehead atoms. The van der Waals surface area contributed by atoms with Crippen LogP contribution >= 0.6 is 0 Å². The summed E-state index contributed by atoms with van der Waals surface area (Å²) in [4.78, 5) is 14.8. The molecular formula is C58H36N6. The van der Waals surface area contributed by atoms with Gasteiger partial charge in [0, 0.05) is 61.8 Å². The Morgan fingerprint density at radius 3 is 1.22 bits per heavy atom. The van der Waals surface area contributed by atoms with Crippen LogP contribution < -0.4 is 0 Å². The van der Waals surface area contributed by atoms with Gasteiger partial charge in [-0.05, 0) is 65.2 Å². The lowest BCUT2D eigenvalue weighted by Crippen LogP contribution is -2.05. The Bertz CT molecular complexity index is 3530. The third-order valence-electron chi connectivity index (χ3n) is 12.4. The molecule has 0 saturated heterocycles. The minimum atomic E-state index is 0.600. The zero-order valence-corrected chi connectivity index (χ0v) is 34.5. The van der Waals surface area contributed by atoms with E-state index in [9.17, 15) is 5.26 Å². The molecule has 64 heavy (non-hydrogen) atoms. The minimum absolute atomic E-state index is 0.600. The molecule has 0 saturated carbocycles. The number of benzene rings is 7. The zero-order chi connectivity index (χ0) is 42.6. The molecule has 6 heteroatoms. The summed E-state index contributed by atoms with van der Waals surface area (Å²) in [6.07, 6.45) is 7.88. The molecule has 5 heterocycles. The Balaban J connectivity index is 1.09. The summed E-state index contributed by atoms with van der Waals surface area (Å²) in [5.41, 5.74) is 16.9. The van der Waals surface area contributed by atoms with Crippen molar-refractivity contribution >= 4 is 43.6 Å². The van der Waals surface area contributed by atoms with E-state index in [-0.39, 0.29) is 0 Å². The maximum atomic E-state index is 9.89. The van der Waals surface area contributed by atoms with Gasteiger partial charge in [0.1, 0.15) is 0 Å². The average Bonchev–Trinajstić information content (AvgIpc) is 3.89. The predicted octanol–water partition coefficient (Wildman–Crippen LogP) is 14.3. The molecule has 0 spiro atoms. The highest BCUT2D eigenvalue weighted by Crippen LogP contribution is 2.43. The van der Waals surface area contributed by atoms with Crippen LogP contribution in [0.15, 0.2) is 219 Å². The summed E-state index contributed by atoms with van der Waals surface area (Å²) in [6.45, 7) is 0. The van der Waals surface area contributed by atoms with Crippen molar-refractivity contribution < 1.29 is 0 Å². The number of rotatable bonds is 7. The number of hydrogen-bond acceptors (Lipinski definition) is 4. The quantitative estimate of drug-likeness (QED) is 0.161. The van der Waals surface area contributed by atoms with Crippen LogP contribution in [-0.2, 0) is 0 Å². The molecule has 5 aromatic heterocycles. The lowest BCUT2D eigenvalue weighted by Gasteiger charge is -2.20. The van der Waals surface area contributed by atoms with Gasteiger partial charge in [0.2, 0.25) is 0 Å². The third-order valence-corrected chi connectivity index (χ3v) is 12.4.